The zero-order valence-electron chi connectivity index (χ0n) is 18.8. The SMILES string of the molecule is CSc1ccc(CNC(=O)c2cccc(NC(=O)N3CCSc4nc(C)cc(C)c43)c2)cc1. The molecular weight excluding hydrogens is 452 g/mol. The molecule has 3 amide bonds. The molecule has 1 aliphatic rings. The number of pyridine rings is 1. The third-order valence-electron chi connectivity index (χ3n) is 5.34. The number of amides is 3. The molecule has 8 heteroatoms. The second-order valence-electron chi connectivity index (χ2n) is 7.78. The van der Waals surface area contributed by atoms with E-state index in [2.05, 4.69) is 15.6 Å². The fraction of sp³-hybridized carbons (Fsp3) is 0.240. The summed E-state index contributed by atoms with van der Waals surface area (Å²) >= 11 is 3.35. The van der Waals surface area contributed by atoms with Gasteiger partial charge in [-0.2, -0.15) is 0 Å². The van der Waals surface area contributed by atoms with E-state index < -0.39 is 0 Å². The maximum absolute atomic E-state index is 13.1. The van der Waals surface area contributed by atoms with Crippen molar-refractivity contribution in [3.8, 4) is 0 Å². The number of urea groups is 1. The fourth-order valence-corrected chi connectivity index (χ4v) is 5.22. The van der Waals surface area contributed by atoms with Gasteiger partial charge >= 0.3 is 6.03 Å². The van der Waals surface area contributed by atoms with Crippen molar-refractivity contribution in [1.29, 1.82) is 0 Å². The van der Waals surface area contributed by atoms with Gasteiger partial charge in [0.25, 0.3) is 5.91 Å². The summed E-state index contributed by atoms with van der Waals surface area (Å²) in [6, 6.07) is 16.9. The zero-order valence-corrected chi connectivity index (χ0v) is 20.5. The molecule has 6 nitrogen and oxygen atoms in total. The van der Waals surface area contributed by atoms with Crippen LogP contribution in [0.15, 0.2) is 64.5 Å². The van der Waals surface area contributed by atoms with E-state index in [4.69, 9.17) is 0 Å². The predicted molar refractivity (Wildman–Crippen MR) is 137 cm³/mol. The average Bonchev–Trinajstić information content (AvgIpc) is 2.82. The van der Waals surface area contributed by atoms with Crippen LogP contribution in [0.5, 0.6) is 0 Å². The molecule has 4 rings (SSSR count). The molecular formula is C25H26N4O2S2. The molecule has 33 heavy (non-hydrogen) atoms. The van der Waals surface area contributed by atoms with E-state index in [1.54, 1.807) is 52.7 Å². The van der Waals surface area contributed by atoms with E-state index in [1.165, 1.54) is 4.90 Å². The van der Waals surface area contributed by atoms with Gasteiger partial charge in [0.15, 0.2) is 0 Å². The number of nitrogens with zero attached hydrogens (tertiary/aromatic N) is 2. The minimum absolute atomic E-state index is 0.185. The van der Waals surface area contributed by atoms with Crippen LogP contribution in [-0.4, -0.2) is 35.5 Å². The minimum atomic E-state index is -0.225. The summed E-state index contributed by atoms with van der Waals surface area (Å²) in [5.74, 6) is 0.603. The van der Waals surface area contributed by atoms with Crippen molar-refractivity contribution in [3.63, 3.8) is 0 Å². The highest BCUT2D eigenvalue weighted by atomic mass is 32.2. The first-order valence-corrected chi connectivity index (χ1v) is 12.9. The molecule has 0 fully saturated rings. The van der Waals surface area contributed by atoms with Gasteiger partial charge in [-0.05, 0) is 67.6 Å². The Morgan fingerprint density at radius 2 is 1.91 bits per heavy atom. The van der Waals surface area contributed by atoms with Gasteiger partial charge in [-0.25, -0.2) is 9.78 Å². The maximum atomic E-state index is 13.1. The fourth-order valence-electron chi connectivity index (χ4n) is 3.73. The molecule has 1 aliphatic heterocycles. The largest absolute Gasteiger partial charge is 0.348 e. The smallest absolute Gasteiger partial charge is 0.326 e. The van der Waals surface area contributed by atoms with E-state index in [0.717, 1.165) is 33.3 Å². The molecule has 0 spiro atoms. The summed E-state index contributed by atoms with van der Waals surface area (Å²) in [6.07, 6.45) is 2.03. The Morgan fingerprint density at radius 1 is 1.12 bits per heavy atom. The van der Waals surface area contributed by atoms with Crippen molar-refractivity contribution in [2.24, 2.45) is 0 Å². The molecule has 2 aromatic carbocycles. The monoisotopic (exact) mass is 478 g/mol. The van der Waals surface area contributed by atoms with Crippen molar-refractivity contribution in [2.75, 3.05) is 28.8 Å². The highest BCUT2D eigenvalue weighted by Gasteiger charge is 2.26. The second-order valence-corrected chi connectivity index (χ2v) is 9.74. The van der Waals surface area contributed by atoms with Gasteiger partial charge in [0.2, 0.25) is 0 Å². The second kappa shape index (κ2) is 10.3. The number of thioether (sulfide) groups is 2. The van der Waals surface area contributed by atoms with Crippen LogP contribution < -0.4 is 15.5 Å². The minimum Gasteiger partial charge on any atom is -0.348 e. The van der Waals surface area contributed by atoms with Gasteiger partial charge in [-0.3, -0.25) is 9.69 Å². The highest BCUT2D eigenvalue weighted by molar-refractivity contribution is 7.99. The number of anilines is 2. The lowest BCUT2D eigenvalue weighted by atomic mass is 10.1. The number of hydrogen-bond donors (Lipinski definition) is 2. The van der Waals surface area contributed by atoms with Crippen molar-refractivity contribution in [3.05, 3.63) is 77.0 Å². The molecule has 0 bridgehead atoms. The normalized spacial score (nSPS) is 12.8. The lowest BCUT2D eigenvalue weighted by molar-refractivity contribution is 0.0951. The number of nitrogens with one attached hydrogen (secondary N) is 2. The highest BCUT2D eigenvalue weighted by Crippen LogP contribution is 2.36. The number of fused-ring (bicyclic) bond motifs is 1. The quantitative estimate of drug-likeness (QED) is 0.474. The summed E-state index contributed by atoms with van der Waals surface area (Å²) in [4.78, 5) is 33.3. The Labute approximate surface area is 202 Å². The Morgan fingerprint density at radius 3 is 2.67 bits per heavy atom. The summed E-state index contributed by atoms with van der Waals surface area (Å²) in [6.45, 7) is 5.00. The number of benzene rings is 2. The first kappa shape index (κ1) is 23.2. The first-order valence-electron chi connectivity index (χ1n) is 10.7. The van der Waals surface area contributed by atoms with Crippen LogP contribution in [0.1, 0.15) is 27.2 Å². The molecule has 1 aromatic heterocycles. The Balaban J connectivity index is 1.43. The van der Waals surface area contributed by atoms with Gasteiger partial charge in [-0.15, -0.1) is 23.5 Å². The van der Waals surface area contributed by atoms with Crippen molar-refractivity contribution < 1.29 is 9.59 Å². The topological polar surface area (TPSA) is 74.3 Å². The third kappa shape index (κ3) is 5.51. The first-order chi connectivity index (χ1) is 15.9. The van der Waals surface area contributed by atoms with Crippen molar-refractivity contribution in [1.82, 2.24) is 10.3 Å². The van der Waals surface area contributed by atoms with Crippen LogP contribution in [-0.2, 0) is 6.54 Å². The maximum Gasteiger partial charge on any atom is 0.326 e. The molecule has 2 N–H and O–H groups in total. The molecule has 2 heterocycles. The van der Waals surface area contributed by atoms with Crippen LogP contribution in [0.4, 0.5) is 16.2 Å². The van der Waals surface area contributed by atoms with E-state index >= 15 is 0 Å². The summed E-state index contributed by atoms with van der Waals surface area (Å²) < 4.78 is 0. The van der Waals surface area contributed by atoms with Gasteiger partial charge < -0.3 is 10.6 Å². The number of carbonyl (C=O) groups is 2. The molecule has 0 saturated heterocycles. The standard InChI is InChI=1S/C25H26N4O2S2/c1-16-13-17(2)27-24-22(16)29(11-12-33-24)25(31)28-20-6-4-5-19(14-20)23(30)26-15-18-7-9-21(32-3)10-8-18/h4-10,13-14H,11-12,15H2,1-3H3,(H,26,30)(H,28,31). The van der Waals surface area contributed by atoms with Crippen LogP contribution >= 0.6 is 23.5 Å². The Bertz CT molecular complexity index is 1180. The van der Waals surface area contributed by atoms with Crippen molar-refractivity contribution >= 4 is 46.8 Å². The molecule has 3 aromatic rings. The summed E-state index contributed by atoms with van der Waals surface area (Å²) in [7, 11) is 0. The van der Waals surface area contributed by atoms with E-state index in [0.29, 0.717) is 24.3 Å². The van der Waals surface area contributed by atoms with Crippen LogP contribution in [0.25, 0.3) is 0 Å². The molecule has 0 radical (unpaired) electrons. The van der Waals surface area contributed by atoms with Crippen molar-refractivity contribution in [2.45, 2.75) is 30.3 Å². The van der Waals surface area contributed by atoms with Gasteiger partial charge in [-0.1, -0.05) is 18.2 Å². The Hall–Kier alpha value is -2.97. The molecule has 170 valence electrons. The number of aryl methyl sites for hydroxylation is 2. The third-order valence-corrected chi connectivity index (χ3v) is 7.02. The zero-order chi connectivity index (χ0) is 23.4. The predicted octanol–water partition coefficient (Wildman–Crippen LogP) is 5.49. The number of aromatic nitrogens is 1. The lowest BCUT2D eigenvalue weighted by Crippen LogP contribution is -2.39. The van der Waals surface area contributed by atoms with Gasteiger partial charge in [0.1, 0.15) is 5.03 Å². The lowest BCUT2D eigenvalue weighted by Gasteiger charge is -2.30. The molecule has 0 unspecified atom stereocenters. The number of carbonyl (C=O) groups excluding carboxylic acids is 2. The van der Waals surface area contributed by atoms with Crippen LogP contribution in [0, 0.1) is 13.8 Å². The van der Waals surface area contributed by atoms with E-state index in [-0.39, 0.29) is 11.9 Å². The van der Waals surface area contributed by atoms with Gasteiger partial charge in [0.05, 0.1) is 5.69 Å². The average molecular weight is 479 g/mol. The molecule has 0 atom stereocenters. The van der Waals surface area contributed by atoms with E-state index in [1.807, 2.05) is 50.4 Å². The molecule has 0 saturated carbocycles. The Kier molecular flexibility index (Phi) is 7.25. The van der Waals surface area contributed by atoms with Crippen LogP contribution in [0.2, 0.25) is 0 Å². The summed E-state index contributed by atoms with van der Waals surface area (Å²) in [5.41, 5.74) is 4.94. The van der Waals surface area contributed by atoms with Gasteiger partial charge in [0, 0.05) is 40.7 Å². The number of hydrogen-bond acceptors (Lipinski definition) is 5. The molecule has 0 aliphatic carbocycles. The van der Waals surface area contributed by atoms with Crippen LogP contribution in [0.3, 0.4) is 0 Å². The van der Waals surface area contributed by atoms with E-state index in [9.17, 15) is 9.59 Å². The number of rotatable bonds is 5. The summed E-state index contributed by atoms with van der Waals surface area (Å²) in [5, 5.41) is 6.77.